The number of nitrogens with one attached hydrogen (secondary N) is 1. The van der Waals surface area contributed by atoms with Gasteiger partial charge in [-0.3, -0.25) is 4.79 Å². The molecule has 1 aromatic carbocycles. The molecule has 0 saturated heterocycles. The maximum atomic E-state index is 12.8. The largest absolute Gasteiger partial charge is 0.325 e. The Labute approximate surface area is 101 Å². The zero-order chi connectivity index (χ0) is 12.3. The molecule has 1 aromatic rings. The summed E-state index contributed by atoms with van der Waals surface area (Å²) in [6.45, 7) is 3.73. The van der Waals surface area contributed by atoms with Crippen LogP contribution >= 0.6 is 15.9 Å². The van der Waals surface area contributed by atoms with Gasteiger partial charge in [0, 0.05) is 11.8 Å². The predicted octanol–water partition coefficient (Wildman–Crippen LogP) is 3.32. The van der Waals surface area contributed by atoms with E-state index >= 15 is 0 Å². The van der Waals surface area contributed by atoms with Crippen LogP contribution in [0.3, 0.4) is 0 Å². The van der Waals surface area contributed by atoms with E-state index in [1.165, 1.54) is 0 Å². The molecule has 0 saturated carbocycles. The Bertz CT molecular complexity index is 375. The molecule has 1 N–H and O–H groups in total. The van der Waals surface area contributed by atoms with Gasteiger partial charge in [0.1, 0.15) is 11.6 Å². The first-order valence-corrected chi connectivity index (χ1v) is 5.72. The van der Waals surface area contributed by atoms with Gasteiger partial charge in [-0.05, 0) is 18.1 Å². The standard InChI is InChI=1S/C11H12BrF2NO/c1-6(2)10(12)11(16)15-9-4-7(13)3-8(14)5-9/h3-6,10H,1-2H3,(H,15,16). The monoisotopic (exact) mass is 291 g/mol. The molecule has 0 aromatic heterocycles. The summed E-state index contributed by atoms with van der Waals surface area (Å²) < 4.78 is 25.7. The van der Waals surface area contributed by atoms with Gasteiger partial charge in [0.25, 0.3) is 0 Å². The summed E-state index contributed by atoms with van der Waals surface area (Å²) in [6.07, 6.45) is 0. The van der Waals surface area contributed by atoms with Gasteiger partial charge in [0.2, 0.25) is 5.91 Å². The second-order valence-electron chi connectivity index (χ2n) is 3.79. The fraction of sp³-hybridized carbons (Fsp3) is 0.364. The van der Waals surface area contributed by atoms with Crippen molar-refractivity contribution in [3.63, 3.8) is 0 Å². The number of hydrogen-bond donors (Lipinski definition) is 1. The van der Waals surface area contributed by atoms with E-state index in [9.17, 15) is 13.6 Å². The first-order chi connectivity index (χ1) is 7.40. The van der Waals surface area contributed by atoms with Crippen LogP contribution in [0.4, 0.5) is 14.5 Å². The molecule has 0 aliphatic heterocycles. The van der Waals surface area contributed by atoms with E-state index in [0.717, 1.165) is 18.2 Å². The molecule has 0 fully saturated rings. The van der Waals surface area contributed by atoms with Gasteiger partial charge in [0.05, 0.1) is 4.83 Å². The summed E-state index contributed by atoms with van der Waals surface area (Å²) >= 11 is 3.20. The van der Waals surface area contributed by atoms with Crippen LogP contribution in [0.2, 0.25) is 0 Å². The van der Waals surface area contributed by atoms with E-state index in [0.29, 0.717) is 0 Å². The van der Waals surface area contributed by atoms with Crippen LogP contribution in [0.1, 0.15) is 13.8 Å². The minimum Gasteiger partial charge on any atom is -0.325 e. The van der Waals surface area contributed by atoms with E-state index < -0.39 is 11.6 Å². The molecule has 88 valence electrons. The van der Waals surface area contributed by atoms with Crippen molar-refractivity contribution in [1.82, 2.24) is 0 Å². The minimum absolute atomic E-state index is 0.0957. The lowest BCUT2D eigenvalue weighted by Gasteiger charge is -2.13. The summed E-state index contributed by atoms with van der Waals surface area (Å²) in [4.78, 5) is 11.2. The summed E-state index contributed by atoms with van der Waals surface area (Å²) in [5.41, 5.74) is 0.118. The zero-order valence-corrected chi connectivity index (χ0v) is 10.5. The van der Waals surface area contributed by atoms with Crippen molar-refractivity contribution < 1.29 is 13.6 Å². The molecule has 0 heterocycles. The quantitative estimate of drug-likeness (QED) is 0.851. The number of alkyl halides is 1. The van der Waals surface area contributed by atoms with Crippen molar-refractivity contribution in [2.24, 2.45) is 5.92 Å². The van der Waals surface area contributed by atoms with Gasteiger partial charge < -0.3 is 5.32 Å². The topological polar surface area (TPSA) is 29.1 Å². The van der Waals surface area contributed by atoms with E-state index in [1.807, 2.05) is 13.8 Å². The van der Waals surface area contributed by atoms with Gasteiger partial charge >= 0.3 is 0 Å². The van der Waals surface area contributed by atoms with Crippen molar-refractivity contribution >= 4 is 27.5 Å². The minimum atomic E-state index is -0.717. The Kier molecular flexibility index (Phi) is 4.41. The number of benzene rings is 1. The van der Waals surface area contributed by atoms with Gasteiger partial charge in [0.15, 0.2) is 0 Å². The molecule has 0 aliphatic carbocycles. The van der Waals surface area contributed by atoms with Crippen molar-refractivity contribution in [3.8, 4) is 0 Å². The highest BCUT2D eigenvalue weighted by atomic mass is 79.9. The molecule has 1 atom stereocenters. The Balaban J connectivity index is 2.77. The second kappa shape index (κ2) is 5.39. The third-order valence-electron chi connectivity index (χ3n) is 1.97. The smallest absolute Gasteiger partial charge is 0.238 e. The third-order valence-corrected chi connectivity index (χ3v) is 3.44. The van der Waals surface area contributed by atoms with Crippen LogP contribution in [0.5, 0.6) is 0 Å². The molecule has 0 bridgehead atoms. The van der Waals surface area contributed by atoms with Crippen LogP contribution in [0.25, 0.3) is 0 Å². The Morgan fingerprint density at radius 3 is 2.19 bits per heavy atom. The maximum absolute atomic E-state index is 12.8. The van der Waals surface area contributed by atoms with Crippen LogP contribution in [-0.4, -0.2) is 10.7 Å². The number of hydrogen-bond acceptors (Lipinski definition) is 1. The van der Waals surface area contributed by atoms with Gasteiger partial charge in [-0.2, -0.15) is 0 Å². The lowest BCUT2D eigenvalue weighted by molar-refractivity contribution is -0.116. The Morgan fingerprint density at radius 2 is 1.75 bits per heavy atom. The number of rotatable bonds is 3. The van der Waals surface area contributed by atoms with Gasteiger partial charge in [-0.15, -0.1) is 0 Å². The average molecular weight is 292 g/mol. The number of halogens is 3. The van der Waals surface area contributed by atoms with E-state index in [2.05, 4.69) is 21.2 Å². The van der Waals surface area contributed by atoms with E-state index in [4.69, 9.17) is 0 Å². The lowest BCUT2D eigenvalue weighted by Crippen LogP contribution is -2.27. The molecule has 1 unspecified atom stereocenters. The van der Waals surface area contributed by atoms with E-state index in [-0.39, 0.29) is 22.3 Å². The highest BCUT2D eigenvalue weighted by Gasteiger charge is 2.18. The molecule has 1 rings (SSSR count). The molecule has 1 amide bonds. The molecular weight excluding hydrogens is 280 g/mol. The first kappa shape index (κ1) is 13.1. The molecular formula is C11H12BrF2NO. The van der Waals surface area contributed by atoms with Crippen molar-refractivity contribution in [1.29, 1.82) is 0 Å². The highest BCUT2D eigenvalue weighted by Crippen LogP contribution is 2.17. The third kappa shape index (κ3) is 3.56. The Hall–Kier alpha value is -0.970. The molecule has 0 aliphatic rings. The fourth-order valence-corrected chi connectivity index (χ4v) is 1.25. The van der Waals surface area contributed by atoms with Gasteiger partial charge in [-0.25, -0.2) is 8.78 Å². The molecule has 2 nitrogen and oxygen atoms in total. The van der Waals surface area contributed by atoms with Crippen LogP contribution < -0.4 is 5.32 Å². The summed E-state index contributed by atoms with van der Waals surface area (Å²) in [5.74, 6) is -1.66. The first-order valence-electron chi connectivity index (χ1n) is 4.81. The zero-order valence-electron chi connectivity index (χ0n) is 8.93. The van der Waals surface area contributed by atoms with E-state index in [1.54, 1.807) is 0 Å². The molecule has 0 spiro atoms. The van der Waals surface area contributed by atoms with Crippen molar-refractivity contribution in [3.05, 3.63) is 29.8 Å². The Morgan fingerprint density at radius 1 is 1.25 bits per heavy atom. The number of carbonyl (C=O) groups excluding carboxylic acids is 1. The van der Waals surface area contributed by atoms with Gasteiger partial charge in [-0.1, -0.05) is 29.8 Å². The average Bonchev–Trinajstić information content (AvgIpc) is 2.14. The lowest BCUT2D eigenvalue weighted by atomic mass is 10.1. The predicted molar refractivity (Wildman–Crippen MR) is 62.5 cm³/mol. The number of amides is 1. The summed E-state index contributed by atoms with van der Waals surface area (Å²) in [7, 11) is 0. The second-order valence-corrected chi connectivity index (χ2v) is 4.78. The van der Waals surface area contributed by atoms with Crippen LogP contribution in [0.15, 0.2) is 18.2 Å². The maximum Gasteiger partial charge on any atom is 0.238 e. The molecule has 0 radical (unpaired) electrons. The van der Waals surface area contributed by atoms with Crippen molar-refractivity contribution in [2.45, 2.75) is 18.7 Å². The van der Waals surface area contributed by atoms with Crippen LogP contribution in [-0.2, 0) is 4.79 Å². The normalized spacial score (nSPS) is 12.6. The molecule has 16 heavy (non-hydrogen) atoms. The molecule has 5 heteroatoms. The van der Waals surface area contributed by atoms with Crippen LogP contribution in [0, 0.1) is 17.6 Å². The number of carbonyl (C=O) groups is 1. The SMILES string of the molecule is CC(C)C(Br)C(=O)Nc1cc(F)cc(F)c1. The number of anilines is 1. The van der Waals surface area contributed by atoms with Crippen molar-refractivity contribution in [2.75, 3.05) is 5.32 Å². The fourth-order valence-electron chi connectivity index (χ4n) is 1.14. The summed E-state index contributed by atoms with van der Waals surface area (Å²) in [6, 6.07) is 2.89. The highest BCUT2D eigenvalue weighted by molar-refractivity contribution is 9.10. The summed E-state index contributed by atoms with van der Waals surface area (Å²) in [5, 5.41) is 2.44.